The van der Waals surface area contributed by atoms with Crippen LogP contribution in [0.25, 0.3) is 0 Å². The van der Waals surface area contributed by atoms with Gasteiger partial charge in [-0.1, -0.05) is 13.8 Å². The Hall–Kier alpha value is -5.27. The monoisotopic (exact) mass is 806 g/mol. The van der Waals surface area contributed by atoms with Gasteiger partial charge in [0.2, 0.25) is 5.60 Å². The third kappa shape index (κ3) is 6.93. The van der Waals surface area contributed by atoms with Crippen molar-refractivity contribution >= 4 is 45.6 Å². The van der Waals surface area contributed by atoms with Crippen molar-refractivity contribution in [1.82, 2.24) is 0 Å². The normalized spacial score (nSPS) is 15.4. The zero-order chi connectivity index (χ0) is 40.9. The summed E-state index contributed by atoms with van der Waals surface area (Å²) in [5.74, 6) is -5.35. The maximum Gasteiger partial charge on any atom is 0.356 e. The average molecular weight is 808 g/mol. The standard InChI is InChI=1S/C41H43BrO12/c1-16(2)29-25(11)30(38(47)53-35-22(8)19(5)31(37(45)46)20(6)23(35)9)17(3)13-27(29)52-39(48)32-21(7)24(10)36(33(42)34(32)44)54-40(49)41(50)18(4)14-26(43)15-28(41)51-12/h13-16,44,50H,1-12H3,(H,45,46)/t41-/m1/s1. The van der Waals surface area contributed by atoms with Crippen LogP contribution in [0.2, 0.25) is 0 Å². The molecule has 0 heterocycles. The first kappa shape index (κ1) is 41.5. The summed E-state index contributed by atoms with van der Waals surface area (Å²) >= 11 is 3.23. The minimum absolute atomic E-state index is 0.0394. The lowest BCUT2D eigenvalue weighted by molar-refractivity contribution is -0.151. The van der Waals surface area contributed by atoms with Crippen LogP contribution in [0.3, 0.4) is 0 Å². The molecule has 0 unspecified atom stereocenters. The summed E-state index contributed by atoms with van der Waals surface area (Å²) in [4.78, 5) is 65.0. The SMILES string of the molecule is COC1=CC(=O)C=C(C)[C@]1(O)C(=O)Oc1c(C)c(C)c(C(=O)Oc2cc(C)c(C(=O)Oc3c(C)c(C)c(C(=O)O)c(C)c3C)c(C)c2C(C)C)c(O)c1Br. The second-order valence-electron chi connectivity index (χ2n) is 13.7. The minimum Gasteiger partial charge on any atom is -0.506 e. The number of hydrogen-bond donors (Lipinski definition) is 3. The van der Waals surface area contributed by atoms with E-state index in [1.165, 1.54) is 27.0 Å². The largest absolute Gasteiger partial charge is 0.506 e. The maximum absolute atomic E-state index is 13.9. The molecular weight excluding hydrogens is 764 g/mol. The Morgan fingerprint density at radius 2 is 1.24 bits per heavy atom. The van der Waals surface area contributed by atoms with Crippen LogP contribution in [0, 0.1) is 55.4 Å². The van der Waals surface area contributed by atoms with E-state index in [1.54, 1.807) is 48.5 Å². The van der Waals surface area contributed by atoms with Gasteiger partial charge in [0.25, 0.3) is 0 Å². The van der Waals surface area contributed by atoms with Crippen molar-refractivity contribution in [3.05, 3.63) is 101 Å². The van der Waals surface area contributed by atoms with Crippen LogP contribution in [0.15, 0.2) is 34.0 Å². The fourth-order valence-corrected chi connectivity index (χ4v) is 7.41. The van der Waals surface area contributed by atoms with Crippen molar-refractivity contribution in [3.63, 3.8) is 0 Å². The van der Waals surface area contributed by atoms with E-state index in [0.29, 0.717) is 38.9 Å². The van der Waals surface area contributed by atoms with Crippen molar-refractivity contribution in [3.8, 4) is 23.0 Å². The zero-order valence-electron chi connectivity index (χ0n) is 32.2. The molecule has 1 aliphatic rings. The summed E-state index contributed by atoms with van der Waals surface area (Å²) in [7, 11) is 1.19. The molecule has 3 N–H and O–H groups in total. The lowest BCUT2D eigenvalue weighted by atomic mass is 9.87. The molecule has 0 fully saturated rings. The molecule has 0 saturated carbocycles. The van der Waals surface area contributed by atoms with Gasteiger partial charge < -0.3 is 34.3 Å². The number of carbonyl (C=O) groups is 5. The highest BCUT2D eigenvalue weighted by Gasteiger charge is 2.48. The first-order valence-electron chi connectivity index (χ1n) is 16.9. The molecule has 3 aromatic rings. The molecule has 286 valence electrons. The van der Waals surface area contributed by atoms with Crippen molar-refractivity contribution in [2.45, 2.75) is 87.7 Å². The first-order chi connectivity index (χ1) is 25.0. The van der Waals surface area contributed by atoms with E-state index in [-0.39, 0.29) is 66.8 Å². The third-order valence-electron chi connectivity index (χ3n) is 10.1. The number of hydrogen-bond acceptors (Lipinski definition) is 11. The summed E-state index contributed by atoms with van der Waals surface area (Å²) in [6.07, 6.45) is 2.04. The summed E-state index contributed by atoms with van der Waals surface area (Å²) in [6.45, 7) is 18.2. The van der Waals surface area contributed by atoms with Crippen molar-refractivity contribution in [2.24, 2.45) is 0 Å². The van der Waals surface area contributed by atoms with E-state index in [4.69, 9.17) is 18.9 Å². The van der Waals surface area contributed by atoms with E-state index >= 15 is 0 Å². The zero-order valence-corrected chi connectivity index (χ0v) is 33.8. The van der Waals surface area contributed by atoms with Crippen LogP contribution in [-0.4, -0.2) is 57.7 Å². The highest BCUT2D eigenvalue weighted by atomic mass is 79.9. The molecular formula is C41H43BrO12. The fourth-order valence-electron chi connectivity index (χ4n) is 6.84. The molecule has 0 radical (unpaired) electrons. The van der Waals surface area contributed by atoms with E-state index in [2.05, 4.69) is 15.9 Å². The highest BCUT2D eigenvalue weighted by molar-refractivity contribution is 9.10. The van der Waals surface area contributed by atoms with Gasteiger partial charge in [-0.15, -0.1) is 0 Å². The lowest BCUT2D eigenvalue weighted by Crippen LogP contribution is -2.47. The number of allylic oxidation sites excluding steroid dienone is 2. The predicted molar refractivity (Wildman–Crippen MR) is 202 cm³/mol. The van der Waals surface area contributed by atoms with Gasteiger partial charge in [0.05, 0.1) is 18.2 Å². The number of methoxy groups -OCH3 is 1. The van der Waals surface area contributed by atoms with Gasteiger partial charge in [0.1, 0.15) is 33.0 Å². The van der Waals surface area contributed by atoms with E-state index < -0.39 is 41.0 Å². The third-order valence-corrected chi connectivity index (χ3v) is 10.9. The van der Waals surface area contributed by atoms with Crippen LogP contribution < -0.4 is 14.2 Å². The van der Waals surface area contributed by atoms with Crippen LogP contribution >= 0.6 is 15.9 Å². The topological polar surface area (TPSA) is 183 Å². The molecule has 54 heavy (non-hydrogen) atoms. The summed E-state index contributed by atoms with van der Waals surface area (Å²) < 4.78 is 22.4. The van der Waals surface area contributed by atoms with Gasteiger partial charge in [0, 0.05) is 11.6 Å². The number of aliphatic hydroxyl groups is 1. The van der Waals surface area contributed by atoms with Gasteiger partial charge >= 0.3 is 23.9 Å². The highest BCUT2D eigenvalue weighted by Crippen LogP contribution is 2.45. The molecule has 4 rings (SSSR count). The molecule has 0 saturated heterocycles. The Morgan fingerprint density at radius 3 is 1.76 bits per heavy atom. The molecule has 0 amide bonds. The Kier molecular flexibility index (Phi) is 11.7. The van der Waals surface area contributed by atoms with Crippen molar-refractivity contribution < 1.29 is 58.2 Å². The molecule has 0 aromatic heterocycles. The quantitative estimate of drug-likeness (QED) is 0.143. The van der Waals surface area contributed by atoms with Gasteiger partial charge in [-0.3, -0.25) is 4.79 Å². The Labute approximate surface area is 321 Å². The molecule has 13 heteroatoms. The number of benzene rings is 3. The summed E-state index contributed by atoms with van der Waals surface area (Å²) in [5.41, 5.74) is 1.66. The molecule has 0 aliphatic heterocycles. The molecule has 1 atom stereocenters. The van der Waals surface area contributed by atoms with E-state index in [1.807, 2.05) is 13.8 Å². The van der Waals surface area contributed by atoms with Gasteiger partial charge in [-0.25, -0.2) is 19.2 Å². The number of esters is 3. The number of aryl methyl sites for hydroxylation is 1. The van der Waals surface area contributed by atoms with Crippen LogP contribution in [0.5, 0.6) is 23.0 Å². The van der Waals surface area contributed by atoms with Crippen molar-refractivity contribution in [2.75, 3.05) is 7.11 Å². The number of halogens is 1. The number of phenols is 1. The number of ketones is 1. The minimum atomic E-state index is -2.43. The Bertz CT molecular complexity index is 2180. The summed E-state index contributed by atoms with van der Waals surface area (Å²) in [5, 5.41) is 32.3. The number of aromatic hydroxyl groups is 1. The number of aromatic carboxylic acids is 1. The second-order valence-corrected chi connectivity index (χ2v) is 14.5. The maximum atomic E-state index is 13.9. The molecule has 0 spiro atoms. The van der Waals surface area contributed by atoms with E-state index in [9.17, 15) is 39.3 Å². The van der Waals surface area contributed by atoms with Gasteiger partial charge in [0.15, 0.2) is 11.5 Å². The Balaban J connectivity index is 1.72. The molecule has 0 bridgehead atoms. The number of rotatable bonds is 9. The number of carbonyl (C=O) groups excluding carboxylic acids is 4. The number of phenolic OH excluding ortho intramolecular Hbond substituents is 1. The lowest BCUT2D eigenvalue weighted by Gasteiger charge is -2.30. The molecule has 1 aliphatic carbocycles. The van der Waals surface area contributed by atoms with Crippen LogP contribution in [0.1, 0.15) is 108 Å². The predicted octanol–water partition coefficient (Wildman–Crippen LogP) is 7.58. The first-order valence-corrected chi connectivity index (χ1v) is 17.7. The number of carboxylic acids is 1. The fraction of sp³-hybridized carbons (Fsp3) is 0.341. The number of carboxylic acid groups (broad SMARTS) is 1. The Morgan fingerprint density at radius 1 is 0.722 bits per heavy atom. The van der Waals surface area contributed by atoms with Gasteiger partial charge in [-0.2, -0.15) is 0 Å². The average Bonchev–Trinajstić information content (AvgIpc) is 3.07. The second kappa shape index (κ2) is 15.2. The smallest absolute Gasteiger partial charge is 0.356 e. The van der Waals surface area contributed by atoms with Crippen LogP contribution in [-0.2, 0) is 14.3 Å². The summed E-state index contributed by atoms with van der Waals surface area (Å²) in [6, 6.07) is 1.54. The van der Waals surface area contributed by atoms with Crippen LogP contribution in [0.4, 0.5) is 0 Å². The molecule has 12 nitrogen and oxygen atoms in total. The van der Waals surface area contributed by atoms with E-state index in [0.717, 1.165) is 12.2 Å². The van der Waals surface area contributed by atoms with Gasteiger partial charge in [-0.05, 0) is 146 Å². The number of ether oxygens (including phenoxy) is 4. The molecule has 3 aromatic carbocycles. The van der Waals surface area contributed by atoms with Crippen molar-refractivity contribution in [1.29, 1.82) is 0 Å².